The Morgan fingerprint density at radius 1 is 0.331 bits per heavy atom. The smallest absolute Gasteiger partial charge is 0.204 e. The van der Waals surface area contributed by atoms with Crippen molar-refractivity contribution in [1.82, 2.24) is 0 Å². The van der Waals surface area contributed by atoms with Crippen LogP contribution in [-0.4, -0.2) is 144 Å². The van der Waals surface area contributed by atoms with Gasteiger partial charge >= 0.3 is 0 Å². The monoisotopic (exact) mass is 1710 g/mol. The Kier molecular flexibility index (Phi) is 21.0. The molecule has 608 valence electrons. The molecule has 0 radical (unpaired) electrons. The highest BCUT2D eigenvalue weighted by Gasteiger charge is 2.57. The summed E-state index contributed by atoms with van der Waals surface area (Å²) < 4.78 is 1.19. The Bertz CT molecular complexity index is 6370. The normalized spacial score (nSPS) is 22.1. The quantitative estimate of drug-likeness (QED) is 0.107. The van der Waals surface area contributed by atoms with Crippen molar-refractivity contribution in [1.29, 1.82) is 5.26 Å². The van der Waals surface area contributed by atoms with Crippen LogP contribution in [0.4, 0.5) is 56.9 Å². The highest BCUT2D eigenvalue weighted by molar-refractivity contribution is 7.17. The topological polar surface area (TPSA) is 288 Å². The van der Waals surface area contributed by atoms with Crippen LogP contribution in [0.1, 0.15) is 128 Å². The number of ketones is 5. The van der Waals surface area contributed by atoms with Crippen LogP contribution in [0.2, 0.25) is 20.1 Å². The Hall–Kier alpha value is -11.7. The van der Waals surface area contributed by atoms with Crippen molar-refractivity contribution in [2.24, 2.45) is 25.0 Å². The maximum atomic E-state index is 13.0. The predicted molar refractivity (Wildman–Crippen MR) is 479 cm³/mol. The molecule has 0 amide bonds. The Labute approximate surface area is 721 Å². The van der Waals surface area contributed by atoms with Crippen molar-refractivity contribution >= 4 is 183 Å². The fraction of sp³-hybridized carbons (Fsp3) is 0.232. The minimum Gasteiger partial charge on any atom is -0.374 e. The summed E-state index contributed by atoms with van der Waals surface area (Å²) in [5.74, 6) is 0.569. The Morgan fingerprint density at radius 3 is 1.03 bits per heavy atom. The molecular weight excluding hydrogens is 1630 g/mol. The molecule has 5 atom stereocenters. The number of halogens is 4. The maximum Gasteiger partial charge on any atom is 0.204 e. The van der Waals surface area contributed by atoms with E-state index in [0.717, 1.165) is 67.4 Å². The number of thiophene rings is 1. The number of nitriles is 1. The van der Waals surface area contributed by atoms with E-state index in [1.54, 1.807) is 65.9 Å². The predicted octanol–water partition coefficient (Wildman–Crippen LogP) is 18.6. The number of fused-ring (bicyclic) bond motifs is 11. The minimum absolute atomic E-state index is 0.240. The van der Waals surface area contributed by atoms with E-state index in [9.17, 15) is 49.5 Å². The van der Waals surface area contributed by atoms with Crippen molar-refractivity contribution in [3.8, 4) is 6.07 Å². The van der Waals surface area contributed by atoms with Gasteiger partial charge in [-0.1, -0.05) is 105 Å². The molecule has 1 aromatic heterocycles. The van der Waals surface area contributed by atoms with Gasteiger partial charge in [0.15, 0.2) is 28.0 Å². The number of aliphatic hydroxyl groups is 5. The van der Waals surface area contributed by atoms with Crippen LogP contribution in [0.15, 0.2) is 224 Å². The van der Waals surface area contributed by atoms with E-state index >= 15 is 0 Å². The van der Waals surface area contributed by atoms with E-state index in [1.807, 2.05) is 194 Å². The molecule has 11 aromatic rings. The van der Waals surface area contributed by atoms with Gasteiger partial charge in [-0.3, -0.25) is 24.0 Å². The van der Waals surface area contributed by atoms with Gasteiger partial charge in [-0.2, -0.15) is 5.26 Å². The Balaban J connectivity index is 0.000000108. The number of aliphatic imine (C=N–C) groups is 5. The van der Waals surface area contributed by atoms with E-state index in [1.165, 1.54) is 10.1 Å². The first kappa shape index (κ1) is 81.7. The zero-order valence-corrected chi connectivity index (χ0v) is 70.6. The molecule has 0 aliphatic carbocycles. The van der Waals surface area contributed by atoms with Crippen LogP contribution in [0.5, 0.6) is 0 Å². The van der Waals surface area contributed by atoms with Gasteiger partial charge in [-0.15, -0.1) is 11.3 Å². The lowest BCUT2D eigenvalue weighted by atomic mass is 9.87. The summed E-state index contributed by atoms with van der Waals surface area (Å²) in [6.07, 6.45) is 1.61. The fourth-order valence-electron chi connectivity index (χ4n) is 17.1. The lowest BCUT2D eigenvalue weighted by Gasteiger charge is -2.30. The first-order valence-corrected chi connectivity index (χ1v) is 41.9. The van der Waals surface area contributed by atoms with E-state index in [4.69, 9.17) is 51.7 Å². The number of carbonyl (C=O) groups excluding carboxylic acids is 5. The standard InChI is InChI=1S/C20H16N2O2S.C19H14ClN3O2.2C19H17ClN2O2.C18H15ClN2O2/c1-12-2-5-16-15(10-12)18(23)20(24)7-8-22(19(20)21-16)14-4-3-13-6-9-25-17(13)11-14;1-11-8-14(4-2-12(11)10-21)23-7-6-19(25)17(24)15-9-13(20)3-5-16(15)22-18(19)23;1-11-3-6-16-14(9-11)17(23)19(24)7-8-22(18(19)21-16)13-4-5-15(20)12(2)10-13;1-11-3-6-16-14(9-11)17(23)19(24)7-8-22(18(19)21-16)13-5-4-12(2)15(20)10-13;1-11-2-7-15-14(10-11)16(22)18(23)8-9-21(17(18)20-15)13-5-3-12(19)4-6-13/h2-6,9-11,24H,7-8H2,1H3;2-5,8-9,25H,6-7H2,1H3;2*3-6,9-10,24H,7-8H2,1-2H3;2-7,10,23H,8-9H2,1H3/t20-;3*19-;18-/m11111/s1. The number of carbonyl (C=O) groups is 5. The number of amidine groups is 5. The number of aryl methyl sites for hydroxylation is 7. The third-order valence-corrected chi connectivity index (χ3v) is 26.1. The van der Waals surface area contributed by atoms with Gasteiger partial charge in [0.1, 0.15) is 29.2 Å². The molecule has 21 rings (SSSR count). The second-order valence-electron chi connectivity index (χ2n) is 32.0. The zero-order chi connectivity index (χ0) is 85.3. The molecule has 5 saturated heterocycles. The SMILES string of the molecule is Cc1cc(N2CC[C@@]3(O)C(=O)c4cc(Cl)ccc4N=C23)ccc1C#N.Cc1ccc2c(c1)C(=O)[C@]1(O)CCN(c3ccc(C)c(Cl)c3)C1=N2.Cc1ccc2c(c1)C(=O)[C@]1(O)CCN(c3ccc(Cl)c(C)c3)C1=N2.Cc1ccc2c(c1)C(=O)[C@]1(O)CCN(c3ccc(Cl)cc3)C1=N2.Cc1ccc2c(c1)C(=O)[C@]1(O)CCN(c3ccc4ccsc4c3)C1=N2. The van der Waals surface area contributed by atoms with Gasteiger partial charge in [0.2, 0.25) is 28.9 Å². The molecule has 5 fully saturated rings. The molecule has 26 heteroatoms. The first-order valence-electron chi connectivity index (χ1n) is 39.5. The third-order valence-electron chi connectivity index (χ3n) is 23.9. The van der Waals surface area contributed by atoms with Crippen molar-refractivity contribution in [2.75, 3.05) is 57.2 Å². The van der Waals surface area contributed by atoms with Crippen LogP contribution < -0.4 is 24.5 Å². The van der Waals surface area contributed by atoms with E-state index in [2.05, 4.69) is 54.6 Å². The van der Waals surface area contributed by atoms with Crippen molar-refractivity contribution in [3.63, 3.8) is 0 Å². The molecule has 11 heterocycles. The minimum atomic E-state index is -1.64. The molecule has 10 aliphatic heterocycles. The molecule has 10 aliphatic rings. The number of anilines is 5. The second-order valence-corrected chi connectivity index (χ2v) is 34.6. The summed E-state index contributed by atoms with van der Waals surface area (Å²) in [6.45, 7) is 16.1. The molecule has 0 bridgehead atoms. The number of nitrogens with zero attached hydrogens (tertiary/aromatic N) is 11. The van der Waals surface area contributed by atoms with E-state index in [0.29, 0.717) is 169 Å². The summed E-state index contributed by atoms with van der Waals surface area (Å²) in [5.41, 5.74) is 9.16. The molecular formula is C95H79Cl4N11O10S. The average Bonchev–Trinajstić information content (AvgIpc) is 1.63. The summed E-state index contributed by atoms with van der Waals surface area (Å²) in [4.78, 5) is 96.9. The summed E-state index contributed by atoms with van der Waals surface area (Å²) in [7, 11) is 0. The number of hydrogen-bond acceptors (Lipinski definition) is 22. The number of benzene rings is 10. The average molecular weight is 1710 g/mol. The molecule has 0 saturated carbocycles. The van der Waals surface area contributed by atoms with E-state index < -0.39 is 28.0 Å². The van der Waals surface area contributed by atoms with Crippen LogP contribution in [0, 0.1) is 59.8 Å². The molecule has 0 spiro atoms. The van der Waals surface area contributed by atoms with Gasteiger partial charge in [0.05, 0.1) is 40.1 Å². The largest absolute Gasteiger partial charge is 0.374 e. The number of Topliss-reactive ketones (excluding diaryl/α,β-unsaturated/α-hetero) is 5. The highest BCUT2D eigenvalue weighted by atomic mass is 35.5. The zero-order valence-electron chi connectivity index (χ0n) is 66.7. The molecule has 0 unspecified atom stereocenters. The Morgan fingerprint density at radius 2 is 0.653 bits per heavy atom. The van der Waals surface area contributed by atoms with Gasteiger partial charge < -0.3 is 50.0 Å². The number of hydrogen-bond donors (Lipinski definition) is 5. The molecule has 121 heavy (non-hydrogen) atoms. The van der Waals surface area contributed by atoms with Gasteiger partial charge in [0.25, 0.3) is 0 Å². The maximum absolute atomic E-state index is 13.0. The van der Waals surface area contributed by atoms with Gasteiger partial charge in [0, 0.05) is 146 Å². The first-order chi connectivity index (χ1) is 57.8. The van der Waals surface area contributed by atoms with Crippen molar-refractivity contribution < 1.29 is 49.5 Å². The second kappa shape index (κ2) is 31.1. The lowest BCUT2D eigenvalue weighted by molar-refractivity contribution is 0.0600. The molecule has 10 aromatic carbocycles. The van der Waals surface area contributed by atoms with Crippen molar-refractivity contribution in [3.05, 3.63) is 292 Å². The van der Waals surface area contributed by atoms with E-state index in [-0.39, 0.29) is 35.3 Å². The van der Waals surface area contributed by atoms with Crippen LogP contribution >= 0.6 is 57.7 Å². The van der Waals surface area contributed by atoms with Crippen LogP contribution in [0.25, 0.3) is 10.1 Å². The number of rotatable bonds is 5. The summed E-state index contributed by atoms with van der Waals surface area (Å²) in [6, 6.07) is 61.7. The fourth-order valence-corrected chi connectivity index (χ4v) is 18.5. The van der Waals surface area contributed by atoms with Crippen LogP contribution in [-0.2, 0) is 0 Å². The van der Waals surface area contributed by atoms with Crippen molar-refractivity contribution in [2.45, 2.75) is 109 Å². The lowest BCUT2D eigenvalue weighted by Crippen LogP contribution is -2.48. The summed E-state index contributed by atoms with van der Waals surface area (Å²) >= 11 is 25.9. The molecule has 21 nitrogen and oxygen atoms in total. The van der Waals surface area contributed by atoms with Gasteiger partial charge in [-0.05, 0) is 234 Å². The molecule has 5 N–H and O–H groups in total. The highest BCUT2D eigenvalue weighted by Crippen LogP contribution is 2.47. The van der Waals surface area contributed by atoms with Crippen LogP contribution in [0.3, 0.4) is 0 Å². The van der Waals surface area contributed by atoms with Gasteiger partial charge in [-0.25, -0.2) is 25.0 Å². The summed E-state index contributed by atoms with van der Waals surface area (Å²) in [5, 5.41) is 69.9. The third kappa shape index (κ3) is 14.2.